The summed E-state index contributed by atoms with van der Waals surface area (Å²) >= 11 is 1.58. The van der Waals surface area contributed by atoms with Crippen molar-refractivity contribution in [3.05, 3.63) is 33.7 Å². The molecule has 3 rings (SSSR count). The number of aromatic carboxylic acids is 1. The fourth-order valence-corrected chi connectivity index (χ4v) is 5.17. The van der Waals surface area contributed by atoms with Crippen molar-refractivity contribution in [1.82, 2.24) is 5.32 Å². The summed E-state index contributed by atoms with van der Waals surface area (Å²) in [7, 11) is 5.11. The number of carboxylic acids is 1. The molecule has 2 N–H and O–H groups in total. The van der Waals surface area contributed by atoms with Gasteiger partial charge in [-0.2, -0.15) is 0 Å². The Bertz CT molecular complexity index is 870. The van der Waals surface area contributed by atoms with Crippen LogP contribution in [0.3, 0.4) is 0 Å². The molecule has 0 aliphatic heterocycles. The second kappa shape index (κ2) is 7.52. The van der Waals surface area contributed by atoms with E-state index in [0.29, 0.717) is 23.6 Å². The van der Waals surface area contributed by atoms with Crippen LogP contribution in [0.25, 0.3) is 10.4 Å². The largest absolute Gasteiger partial charge is 0.497 e. The van der Waals surface area contributed by atoms with Gasteiger partial charge < -0.3 is 19.9 Å². The summed E-state index contributed by atoms with van der Waals surface area (Å²) in [5, 5.41) is 13.2. The maximum atomic E-state index is 12.2. The zero-order valence-electron chi connectivity index (χ0n) is 16.6. The van der Waals surface area contributed by atoms with Crippen LogP contribution in [0.1, 0.15) is 46.6 Å². The van der Waals surface area contributed by atoms with Gasteiger partial charge in [-0.1, -0.05) is 13.8 Å². The molecule has 6 heteroatoms. The van der Waals surface area contributed by atoms with Crippen molar-refractivity contribution < 1.29 is 19.4 Å². The van der Waals surface area contributed by atoms with Gasteiger partial charge in [0.2, 0.25) is 0 Å². The van der Waals surface area contributed by atoms with Crippen LogP contribution in [-0.2, 0) is 19.4 Å². The molecule has 146 valence electrons. The van der Waals surface area contributed by atoms with Gasteiger partial charge in [-0.15, -0.1) is 11.3 Å². The maximum Gasteiger partial charge on any atom is 0.337 e. The molecule has 0 bridgehead atoms. The SMILES string of the molecule is CNCc1cc(OC)cc(-c2sc3c(c2C(=O)O)CC(C)(C)CC3)c1OC. The quantitative estimate of drug-likeness (QED) is 0.768. The van der Waals surface area contributed by atoms with Crippen molar-refractivity contribution in [2.75, 3.05) is 21.3 Å². The fraction of sp³-hybridized carbons (Fsp3) is 0.476. The first-order chi connectivity index (χ1) is 12.8. The van der Waals surface area contributed by atoms with Crippen molar-refractivity contribution in [2.45, 2.75) is 39.7 Å². The normalized spacial score (nSPS) is 15.3. The van der Waals surface area contributed by atoms with Crippen molar-refractivity contribution in [3.8, 4) is 21.9 Å². The number of benzene rings is 1. The van der Waals surface area contributed by atoms with E-state index < -0.39 is 5.97 Å². The number of aryl methyl sites for hydroxylation is 1. The number of fused-ring (bicyclic) bond motifs is 1. The molecule has 5 nitrogen and oxygen atoms in total. The van der Waals surface area contributed by atoms with Gasteiger partial charge in [-0.3, -0.25) is 0 Å². The Morgan fingerprint density at radius 2 is 2.04 bits per heavy atom. The van der Waals surface area contributed by atoms with Gasteiger partial charge in [0.1, 0.15) is 11.5 Å². The van der Waals surface area contributed by atoms with Gasteiger partial charge in [0.25, 0.3) is 0 Å². The molecule has 0 saturated carbocycles. The molecule has 0 spiro atoms. The number of thiophene rings is 1. The lowest BCUT2D eigenvalue weighted by molar-refractivity contribution is 0.0696. The Hall–Kier alpha value is -2.05. The second-order valence-corrected chi connectivity index (χ2v) is 8.86. The lowest BCUT2D eigenvalue weighted by Crippen LogP contribution is -2.22. The number of ether oxygens (including phenoxy) is 2. The lowest BCUT2D eigenvalue weighted by atomic mass is 9.76. The molecular weight excluding hydrogens is 362 g/mol. The topological polar surface area (TPSA) is 67.8 Å². The predicted molar refractivity (Wildman–Crippen MR) is 108 cm³/mol. The zero-order chi connectivity index (χ0) is 19.8. The molecule has 1 aliphatic rings. The summed E-state index contributed by atoms with van der Waals surface area (Å²) in [6.45, 7) is 5.01. The zero-order valence-corrected chi connectivity index (χ0v) is 17.4. The smallest absolute Gasteiger partial charge is 0.337 e. The van der Waals surface area contributed by atoms with E-state index in [2.05, 4.69) is 19.2 Å². The summed E-state index contributed by atoms with van der Waals surface area (Å²) < 4.78 is 11.2. The third kappa shape index (κ3) is 3.69. The van der Waals surface area contributed by atoms with E-state index in [4.69, 9.17) is 9.47 Å². The molecule has 1 aromatic heterocycles. The Morgan fingerprint density at radius 1 is 1.30 bits per heavy atom. The van der Waals surface area contributed by atoms with Gasteiger partial charge in [-0.25, -0.2) is 4.79 Å². The molecule has 2 aromatic rings. The number of hydrogen-bond acceptors (Lipinski definition) is 5. The maximum absolute atomic E-state index is 12.2. The molecule has 0 radical (unpaired) electrons. The molecule has 0 saturated heterocycles. The Morgan fingerprint density at radius 3 is 2.63 bits per heavy atom. The third-order valence-electron chi connectivity index (χ3n) is 5.18. The highest BCUT2D eigenvalue weighted by molar-refractivity contribution is 7.16. The van der Waals surface area contributed by atoms with E-state index in [1.165, 1.54) is 4.88 Å². The average molecular weight is 390 g/mol. The predicted octanol–water partition coefficient (Wildman–Crippen LogP) is 4.36. The van der Waals surface area contributed by atoms with Crippen LogP contribution in [-0.4, -0.2) is 32.3 Å². The fourth-order valence-electron chi connectivity index (χ4n) is 3.84. The standard InChI is InChI=1S/C21H27NO4S/c1-21(2)7-6-16-15(10-21)17(20(23)24)19(27-16)14-9-13(25-4)8-12(11-22-3)18(14)26-5/h8-9,22H,6-7,10-11H2,1-5H3,(H,23,24). The lowest BCUT2D eigenvalue weighted by Gasteiger charge is -2.29. The molecule has 1 aromatic carbocycles. The number of hydrogen-bond donors (Lipinski definition) is 2. The van der Waals surface area contributed by atoms with E-state index in [1.807, 2.05) is 19.2 Å². The monoisotopic (exact) mass is 389 g/mol. The van der Waals surface area contributed by atoms with Crippen LogP contribution >= 0.6 is 11.3 Å². The van der Waals surface area contributed by atoms with Crippen LogP contribution in [0.4, 0.5) is 0 Å². The van der Waals surface area contributed by atoms with E-state index in [9.17, 15) is 9.90 Å². The van der Waals surface area contributed by atoms with Crippen LogP contribution < -0.4 is 14.8 Å². The summed E-state index contributed by atoms with van der Waals surface area (Å²) in [5.74, 6) is 0.518. The first kappa shape index (κ1) is 19.7. The van der Waals surface area contributed by atoms with Crippen LogP contribution in [0, 0.1) is 5.41 Å². The van der Waals surface area contributed by atoms with E-state index in [0.717, 1.165) is 40.8 Å². The first-order valence-electron chi connectivity index (χ1n) is 9.09. The van der Waals surface area contributed by atoms with Crippen LogP contribution in [0.5, 0.6) is 11.5 Å². The molecule has 27 heavy (non-hydrogen) atoms. The second-order valence-electron chi connectivity index (χ2n) is 7.75. The van der Waals surface area contributed by atoms with Crippen LogP contribution in [0.2, 0.25) is 0 Å². The Labute approximate surface area is 164 Å². The number of rotatable bonds is 6. The van der Waals surface area contributed by atoms with E-state index in [1.54, 1.807) is 25.6 Å². The number of carboxylic acid groups (broad SMARTS) is 1. The van der Waals surface area contributed by atoms with Crippen molar-refractivity contribution in [3.63, 3.8) is 0 Å². The highest BCUT2D eigenvalue weighted by Crippen LogP contribution is 2.48. The van der Waals surface area contributed by atoms with Crippen molar-refractivity contribution in [2.24, 2.45) is 5.41 Å². The van der Waals surface area contributed by atoms with E-state index >= 15 is 0 Å². The Balaban J connectivity index is 2.27. The van der Waals surface area contributed by atoms with Gasteiger partial charge in [0, 0.05) is 22.5 Å². The molecular formula is C21H27NO4S. The summed E-state index contributed by atoms with van der Waals surface area (Å²) in [6, 6.07) is 3.81. The number of methoxy groups -OCH3 is 2. The summed E-state index contributed by atoms with van der Waals surface area (Å²) in [5.41, 5.74) is 3.25. The van der Waals surface area contributed by atoms with Gasteiger partial charge in [-0.05, 0) is 49.4 Å². The third-order valence-corrected chi connectivity index (χ3v) is 6.50. The van der Waals surface area contributed by atoms with Gasteiger partial charge >= 0.3 is 5.97 Å². The van der Waals surface area contributed by atoms with Crippen LogP contribution in [0.15, 0.2) is 12.1 Å². The highest BCUT2D eigenvalue weighted by atomic mass is 32.1. The minimum Gasteiger partial charge on any atom is -0.497 e. The number of carbonyl (C=O) groups is 1. The van der Waals surface area contributed by atoms with Crippen molar-refractivity contribution in [1.29, 1.82) is 0 Å². The number of nitrogens with one attached hydrogen (secondary N) is 1. The van der Waals surface area contributed by atoms with Gasteiger partial charge in [0.15, 0.2) is 0 Å². The first-order valence-corrected chi connectivity index (χ1v) is 9.90. The van der Waals surface area contributed by atoms with Crippen molar-refractivity contribution >= 4 is 17.3 Å². The molecule has 0 atom stereocenters. The minimum absolute atomic E-state index is 0.116. The average Bonchev–Trinajstić information content (AvgIpc) is 2.98. The molecule has 0 fully saturated rings. The molecule has 1 aliphatic carbocycles. The molecule has 1 heterocycles. The molecule has 0 amide bonds. The highest BCUT2D eigenvalue weighted by Gasteiger charge is 2.34. The molecule has 0 unspecified atom stereocenters. The summed E-state index contributed by atoms with van der Waals surface area (Å²) in [4.78, 5) is 14.2. The summed E-state index contributed by atoms with van der Waals surface area (Å²) in [6.07, 6.45) is 2.78. The van der Waals surface area contributed by atoms with Gasteiger partial charge in [0.05, 0.1) is 24.7 Å². The minimum atomic E-state index is -0.875. The van der Waals surface area contributed by atoms with E-state index in [-0.39, 0.29) is 5.41 Å². The Kier molecular flexibility index (Phi) is 5.49.